The Bertz CT molecular complexity index is 58.9. The summed E-state index contributed by atoms with van der Waals surface area (Å²) in [5.41, 5.74) is 0. The SMILES string of the molecule is O=[P+](O)OCCl.[Zr]. The number of halogens is 1. The number of rotatable bonds is 2. The molecule has 40 valence electrons. The van der Waals surface area contributed by atoms with Gasteiger partial charge >= 0.3 is 8.25 Å². The molecule has 1 unspecified atom stereocenters. The van der Waals surface area contributed by atoms with Crippen molar-refractivity contribution in [1.29, 1.82) is 0 Å². The van der Waals surface area contributed by atoms with E-state index in [9.17, 15) is 4.57 Å². The minimum atomic E-state index is -2.48. The maximum absolute atomic E-state index is 9.44. The fourth-order valence-electron chi connectivity index (χ4n) is 0.0417. The van der Waals surface area contributed by atoms with Gasteiger partial charge in [-0.25, -0.2) is 0 Å². The molecule has 0 saturated carbocycles. The quantitative estimate of drug-likeness (QED) is 0.554. The van der Waals surface area contributed by atoms with E-state index in [1.54, 1.807) is 0 Å². The van der Waals surface area contributed by atoms with Gasteiger partial charge in [-0.15, -0.1) is 9.42 Å². The molecule has 1 N–H and O–H groups in total. The Labute approximate surface area is 66.1 Å². The van der Waals surface area contributed by atoms with Crippen molar-refractivity contribution in [3.63, 3.8) is 0 Å². The Kier molecular flexibility index (Phi) is 11.4. The summed E-state index contributed by atoms with van der Waals surface area (Å²) in [6.45, 7) is 0. The predicted octanol–water partition coefficient (Wildman–Crippen LogP) is 0.847. The van der Waals surface area contributed by atoms with Gasteiger partial charge in [-0.1, -0.05) is 11.6 Å². The van der Waals surface area contributed by atoms with Gasteiger partial charge in [0.1, 0.15) is 0 Å². The molecule has 6 heteroatoms. The second kappa shape index (κ2) is 7.19. The van der Waals surface area contributed by atoms with Gasteiger partial charge in [0.2, 0.25) is 0 Å². The van der Waals surface area contributed by atoms with Crippen LogP contribution in [-0.4, -0.2) is 11.0 Å². The molecule has 0 aromatic rings. The Morgan fingerprint density at radius 3 is 2.29 bits per heavy atom. The smallest absolute Gasteiger partial charge is 0.133 e. The molecule has 0 aromatic heterocycles. The third kappa shape index (κ3) is 11.0. The van der Waals surface area contributed by atoms with E-state index in [-0.39, 0.29) is 32.3 Å². The summed E-state index contributed by atoms with van der Waals surface area (Å²) in [6.07, 6.45) is 0. The fraction of sp³-hybridized carbons (Fsp3) is 1.00. The molecule has 3 nitrogen and oxygen atoms in total. The molecule has 0 amide bonds. The molecule has 7 heavy (non-hydrogen) atoms. The summed E-state index contributed by atoms with van der Waals surface area (Å²) in [4.78, 5) is 7.75. The summed E-state index contributed by atoms with van der Waals surface area (Å²) < 4.78 is 13.3. The van der Waals surface area contributed by atoms with Crippen molar-refractivity contribution in [3.8, 4) is 0 Å². The molecule has 0 fully saturated rings. The molecule has 0 aliphatic heterocycles. The molecule has 0 bridgehead atoms. The van der Waals surface area contributed by atoms with Crippen LogP contribution < -0.4 is 0 Å². The van der Waals surface area contributed by atoms with Crippen molar-refractivity contribution in [1.82, 2.24) is 0 Å². The standard InChI is InChI=1S/CH2ClO3P.Zr/c2-1-5-6(3)4;/h1H2;/p+1. The normalized spacial score (nSPS) is 9.71. The van der Waals surface area contributed by atoms with Crippen LogP contribution in [0.3, 0.4) is 0 Å². The van der Waals surface area contributed by atoms with Crippen LogP contribution in [0.1, 0.15) is 0 Å². The van der Waals surface area contributed by atoms with Crippen LogP contribution in [0.2, 0.25) is 0 Å². The third-order valence-corrected chi connectivity index (χ3v) is 0.770. The van der Waals surface area contributed by atoms with Gasteiger partial charge in [0.05, 0.1) is 0 Å². The summed E-state index contributed by atoms with van der Waals surface area (Å²) in [6, 6.07) is -0.230. The van der Waals surface area contributed by atoms with Crippen molar-refractivity contribution >= 4 is 19.9 Å². The van der Waals surface area contributed by atoms with E-state index in [0.717, 1.165) is 0 Å². The van der Waals surface area contributed by atoms with Crippen LogP contribution in [-0.2, 0) is 35.3 Å². The second-order valence-corrected chi connectivity index (χ2v) is 1.43. The van der Waals surface area contributed by atoms with Crippen LogP contribution in [0.25, 0.3) is 0 Å². The van der Waals surface area contributed by atoms with Crippen LogP contribution in [0.5, 0.6) is 0 Å². The van der Waals surface area contributed by atoms with Crippen LogP contribution in [0.15, 0.2) is 0 Å². The molecular formula is CH3ClO3PZr+. The van der Waals surface area contributed by atoms with Crippen LogP contribution in [0.4, 0.5) is 0 Å². The van der Waals surface area contributed by atoms with Gasteiger partial charge in [-0.2, -0.15) is 0 Å². The number of alkyl halides is 1. The van der Waals surface area contributed by atoms with E-state index in [1.165, 1.54) is 0 Å². The molecule has 0 saturated heterocycles. The van der Waals surface area contributed by atoms with Crippen molar-refractivity contribution < 1.29 is 40.2 Å². The topological polar surface area (TPSA) is 46.5 Å². The summed E-state index contributed by atoms with van der Waals surface area (Å²) in [5, 5.41) is 0. The average molecular weight is 221 g/mol. The van der Waals surface area contributed by atoms with E-state index in [2.05, 4.69) is 4.52 Å². The Morgan fingerprint density at radius 2 is 2.29 bits per heavy atom. The first-order valence-electron chi connectivity index (χ1n) is 1.12. The number of hydrogen-bond acceptors (Lipinski definition) is 2. The first-order valence-corrected chi connectivity index (χ1v) is 2.79. The van der Waals surface area contributed by atoms with Gasteiger partial charge < -0.3 is 0 Å². The Hall–Kier alpha value is 1.19. The molecule has 0 heterocycles. The maximum Gasteiger partial charge on any atom is 0.695 e. The van der Waals surface area contributed by atoms with Gasteiger partial charge in [-0.05, 0) is 0 Å². The van der Waals surface area contributed by atoms with Gasteiger partial charge in [0, 0.05) is 30.8 Å². The molecule has 0 radical (unpaired) electrons. The van der Waals surface area contributed by atoms with Crippen molar-refractivity contribution in [2.24, 2.45) is 0 Å². The Balaban J connectivity index is 0. The first-order chi connectivity index (χ1) is 2.77. The third-order valence-electron chi connectivity index (χ3n) is 0.159. The second-order valence-electron chi connectivity index (χ2n) is 0.476. The van der Waals surface area contributed by atoms with E-state index >= 15 is 0 Å². The summed E-state index contributed by atoms with van der Waals surface area (Å²) in [7, 11) is -2.48. The van der Waals surface area contributed by atoms with Crippen molar-refractivity contribution in [3.05, 3.63) is 0 Å². The van der Waals surface area contributed by atoms with Crippen LogP contribution >= 0.6 is 19.9 Å². The summed E-state index contributed by atoms with van der Waals surface area (Å²) >= 11 is 4.83. The minimum Gasteiger partial charge on any atom is -0.133 e. The minimum absolute atomic E-state index is 0. The Morgan fingerprint density at radius 1 is 1.86 bits per heavy atom. The first kappa shape index (κ1) is 11.1. The molecule has 1 atom stereocenters. The van der Waals surface area contributed by atoms with E-state index < -0.39 is 8.25 Å². The fourth-order valence-corrected chi connectivity index (χ4v) is 0.376. The van der Waals surface area contributed by atoms with Crippen molar-refractivity contribution in [2.75, 3.05) is 6.07 Å². The van der Waals surface area contributed by atoms with Gasteiger partial charge in [0.15, 0.2) is 6.07 Å². The molecule has 0 aromatic carbocycles. The average Bonchev–Trinajstić information content (AvgIpc) is 1.35. The summed E-state index contributed by atoms with van der Waals surface area (Å²) in [5.74, 6) is 0. The zero-order valence-electron chi connectivity index (χ0n) is 3.30. The molecule has 0 spiro atoms. The largest absolute Gasteiger partial charge is 0.695 e. The maximum atomic E-state index is 9.44. The van der Waals surface area contributed by atoms with Gasteiger partial charge in [0.25, 0.3) is 0 Å². The van der Waals surface area contributed by atoms with E-state index in [0.29, 0.717) is 0 Å². The molecule has 0 aliphatic carbocycles. The van der Waals surface area contributed by atoms with E-state index in [4.69, 9.17) is 16.5 Å². The number of hydrogen-bond donors (Lipinski definition) is 1. The van der Waals surface area contributed by atoms with Gasteiger partial charge in [-0.3, -0.25) is 0 Å². The van der Waals surface area contributed by atoms with Crippen LogP contribution in [0, 0.1) is 0 Å². The molecular weight excluding hydrogens is 218 g/mol. The zero-order chi connectivity index (χ0) is 4.99. The molecule has 0 rings (SSSR count). The monoisotopic (exact) mass is 219 g/mol. The zero-order valence-corrected chi connectivity index (χ0v) is 7.40. The van der Waals surface area contributed by atoms with E-state index in [1.807, 2.05) is 0 Å². The molecule has 0 aliphatic rings. The van der Waals surface area contributed by atoms with Crippen molar-refractivity contribution in [2.45, 2.75) is 0 Å². The predicted molar refractivity (Wildman–Crippen MR) is 21.6 cm³/mol.